The van der Waals surface area contributed by atoms with Crippen LogP contribution in [0.1, 0.15) is 131 Å². The van der Waals surface area contributed by atoms with Gasteiger partial charge in [0.1, 0.15) is 60.3 Å². The van der Waals surface area contributed by atoms with E-state index in [0.29, 0.717) is 29.6 Å². The lowest BCUT2D eigenvalue weighted by atomic mass is 9.91. The van der Waals surface area contributed by atoms with Crippen molar-refractivity contribution >= 4 is 47.3 Å². The molecule has 7 unspecified atom stereocenters. The minimum atomic E-state index is -2.91. The first kappa shape index (κ1) is 61.3. The van der Waals surface area contributed by atoms with Gasteiger partial charge in [-0.2, -0.15) is 0 Å². The number of hydrogen-bond donors (Lipinski definition) is 15. The number of aliphatic hydroxyl groups is 8. The van der Waals surface area contributed by atoms with E-state index in [2.05, 4.69) is 42.0 Å². The predicted octanol–water partition coefficient (Wildman–Crippen LogP) is -3.10. The van der Waals surface area contributed by atoms with Crippen molar-refractivity contribution in [1.82, 2.24) is 36.4 Å². The number of phenols is 1. The molecule has 25 heteroatoms. The van der Waals surface area contributed by atoms with Crippen LogP contribution in [-0.4, -0.2) is 195 Å². The fourth-order valence-corrected chi connectivity index (χ4v) is 9.86. The summed E-state index contributed by atoms with van der Waals surface area (Å²) >= 11 is 0. The Bertz CT molecular complexity index is 2190. The summed E-state index contributed by atoms with van der Waals surface area (Å²) in [6.45, 7) is 7.73. The quantitative estimate of drug-likeness (QED) is 0.0575. The first-order valence-electron chi connectivity index (χ1n) is 26.8. The molecule has 25 nitrogen and oxygen atoms in total. The average molecular weight is 1080 g/mol. The Balaban J connectivity index is 1.73. The molecule has 3 fully saturated rings. The van der Waals surface area contributed by atoms with Crippen LogP contribution in [-0.2, 0) is 38.4 Å². The molecular formula is C51H82N8O17. The number of aliphatic hydroxyl groups excluding tert-OH is 7. The molecular weight excluding hydrogens is 997 g/mol. The summed E-state index contributed by atoms with van der Waals surface area (Å²) in [6.07, 6.45) is -11.8. The zero-order chi connectivity index (χ0) is 57.6. The Hall–Kier alpha value is -5.54. The Morgan fingerprint density at radius 3 is 1.96 bits per heavy atom. The fourth-order valence-electron chi connectivity index (χ4n) is 9.86. The molecule has 1 aromatic rings. The number of nitrogens with two attached hydrogens (primary N) is 1. The number of amides is 8. The summed E-state index contributed by atoms with van der Waals surface area (Å²) in [5.74, 6) is -10.5. The second kappa shape index (κ2) is 29.3. The van der Waals surface area contributed by atoms with Crippen LogP contribution >= 0.6 is 0 Å². The number of hydrogen-bond acceptors (Lipinski definition) is 17. The van der Waals surface area contributed by atoms with Crippen LogP contribution in [0.15, 0.2) is 24.3 Å². The Morgan fingerprint density at radius 1 is 0.750 bits per heavy atom. The molecule has 3 heterocycles. The molecule has 0 saturated carbocycles. The largest absolute Gasteiger partial charge is 0.508 e. The molecule has 0 radical (unpaired) electrons. The van der Waals surface area contributed by atoms with Crippen molar-refractivity contribution in [2.75, 3.05) is 13.1 Å². The number of carbonyl (C=O) groups is 8. The van der Waals surface area contributed by atoms with Crippen LogP contribution in [0.25, 0.3) is 0 Å². The summed E-state index contributed by atoms with van der Waals surface area (Å²) in [6, 6.07) is -8.11. The number of rotatable bonds is 20. The lowest BCUT2D eigenvalue weighted by Crippen LogP contribution is -2.64. The average Bonchev–Trinajstić information content (AvgIpc) is 3.87. The third kappa shape index (κ3) is 17.5. The highest BCUT2D eigenvalue weighted by Crippen LogP contribution is 2.28. The first-order valence-corrected chi connectivity index (χ1v) is 26.3. The zero-order valence-electron chi connectivity index (χ0n) is 44.9. The first-order chi connectivity index (χ1) is 36.1. The predicted molar refractivity (Wildman–Crippen MR) is 270 cm³/mol. The standard InChI is InChI=1S/C51H82N8O17/c1-6-25(2)19-26(3)13-11-9-7-8-10-12-14-37(66)53-32-21-35(64)47(72)57-49(74)41-42(67)27(4)23-59(41)51(76)39(34(63)22-36(52)65)55-48(73)40(44(69)43(68)29-15-17-30(61)18-16-29)56-46(71)33-20-31(62)24-58(33)50(75)38(28(5)60)54-45(32)70/h15-18,25-28,31-35,38-44,47,60-64,67-69,72H,6-14,19-24H2,1-5H3,(H2,52,65)(H,53,66)(H,54,70)(H,55,73)(H,56,71)(H,57,74)/t25?,26?,27-,28+,31+,32-,33?,34+,35+,38?,39?,40?,41?,42-,43+,44-,47+/m0/s1/i42D,59+0. The number of phenolic OH excluding ortho intramolecular Hbond substituents is 1. The lowest BCUT2D eigenvalue weighted by molar-refractivity contribution is -0.149. The summed E-state index contributed by atoms with van der Waals surface area (Å²) < 4.78 is 8.76. The van der Waals surface area contributed by atoms with Crippen LogP contribution in [0, 0.1) is 17.8 Å². The van der Waals surface area contributed by atoms with Gasteiger partial charge in [0.2, 0.25) is 47.3 Å². The molecule has 76 heavy (non-hydrogen) atoms. The number of aromatic hydroxyl groups is 1. The van der Waals surface area contributed by atoms with Gasteiger partial charge in [-0.05, 0) is 49.3 Å². The normalized spacial score (nSPS) is 30.9. The number of unbranched alkanes of at least 4 members (excludes halogenated alkanes) is 5. The number of primary amides is 1. The molecule has 3 aliphatic rings. The molecule has 0 aliphatic carbocycles. The summed E-state index contributed by atoms with van der Waals surface area (Å²) in [7, 11) is 0. The maximum absolute atomic E-state index is 14.6. The van der Waals surface area contributed by atoms with E-state index in [9.17, 15) is 84.3 Å². The number of nitrogens with one attached hydrogen (secondary N) is 5. The highest BCUT2D eigenvalue weighted by Gasteiger charge is 2.50. The van der Waals surface area contributed by atoms with Gasteiger partial charge in [-0.25, -0.2) is 0 Å². The van der Waals surface area contributed by atoms with Crippen LogP contribution in [0.2, 0.25) is 0 Å². The van der Waals surface area contributed by atoms with Gasteiger partial charge >= 0.3 is 0 Å². The molecule has 3 saturated heterocycles. The molecule has 3 aliphatic heterocycles. The van der Waals surface area contributed by atoms with E-state index >= 15 is 0 Å². The van der Waals surface area contributed by atoms with Gasteiger partial charge in [0, 0.05) is 38.3 Å². The summed E-state index contributed by atoms with van der Waals surface area (Å²) in [5.41, 5.74) is 5.20. The van der Waals surface area contributed by atoms with Gasteiger partial charge in [0.15, 0.2) is 6.23 Å². The smallest absolute Gasteiger partial charge is 0.248 e. The number of nitrogens with zero attached hydrogens (tertiary/aromatic N) is 2. The molecule has 0 bridgehead atoms. The van der Waals surface area contributed by atoms with Crippen molar-refractivity contribution in [3.05, 3.63) is 29.8 Å². The molecule has 0 aromatic heterocycles. The summed E-state index contributed by atoms with van der Waals surface area (Å²) in [4.78, 5) is 113. The second-order valence-electron chi connectivity index (χ2n) is 21.0. The van der Waals surface area contributed by atoms with E-state index in [4.69, 9.17) is 7.10 Å². The van der Waals surface area contributed by atoms with E-state index in [1.165, 1.54) is 13.3 Å². The van der Waals surface area contributed by atoms with Crippen molar-refractivity contribution in [1.29, 1.82) is 0 Å². The molecule has 0 spiro atoms. The Kier molecular flexibility index (Phi) is 23.6. The molecule has 16 N–H and O–H groups in total. The Labute approximate surface area is 443 Å². The van der Waals surface area contributed by atoms with E-state index in [1.54, 1.807) is 0 Å². The minimum absolute atomic E-state index is 0.105. The van der Waals surface area contributed by atoms with Gasteiger partial charge in [-0.15, -0.1) is 0 Å². The van der Waals surface area contributed by atoms with Gasteiger partial charge in [0.25, 0.3) is 0 Å². The van der Waals surface area contributed by atoms with E-state index in [-0.39, 0.29) is 17.7 Å². The monoisotopic (exact) mass is 1080 g/mol. The number of fused-ring (bicyclic) bond motifs is 2. The van der Waals surface area contributed by atoms with E-state index in [1.807, 2.05) is 5.32 Å². The van der Waals surface area contributed by atoms with Crippen molar-refractivity contribution in [2.45, 2.75) is 203 Å². The SMILES string of the molecule is [2H][C@@]1(O)C2C(=O)N[C@H](O)[C@H](O)C[C@H](NC(=O)CCCCCCCCC(C)CC(C)CC)C(=O)NC([C@@H](C)O)C(=O)N3C[C@H](O)CC3C(=O)NC([C@H](O)[C@H](O)c3ccc(O)cc3)C(=O)NC([C@H](O)CC(N)=O)C(=O)[14N]2C[C@@H]1C. The number of benzene rings is 1. The maximum Gasteiger partial charge on any atom is 0.248 e. The van der Waals surface area contributed by atoms with Crippen LogP contribution in [0.4, 0.5) is 0 Å². The van der Waals surface area contributed by atoms with E-state index < -0.39 is 171 Å². The van der Waals surface area contributed by atoms with Crippen LogP contribution in [0.5, 0.6) is 5.75 Å². The highest BCUT2D eigenvalue weighted by molar-refractivity contribution is 5.98. The zero-order valence-corrected chi connectivity index (χ0v) is 43.9. The van der Waals surface area contributed by atoms with Gasteiger partial charge in [-0.3, -0.25) is 38.4 Å². The molecule has 8 amide bonds. The second-order valence-corrected chi connectivity index (χ2v) is 21.0. The number of carbonyl (C=O) groups excluding carboxylic acids is 8. The minimum Gasteiger partial charge on any atom is -0.508 e. The maximum atomic E-state index is 14.6. The fraction of sp³-hybridized carbons (Fsp3) is 0.725. The third-order valence-electron chi connectivity index (χ3n) is 14.5. The van der Waals surface area contributed by atoms with Crippen molar-refractivity contribution in [2.24, 2.45) is 23.5 Å². The van der Waals surface area contributed by atoms with Crippen molar-refractivity contribution < 1.29 is 85.7 Å². The van der Waals surface area contributed by atoms with Gasteiger partial charge in [0.05, 0.1) is 32.2 Å². The van der Waals surface area contributed by atoms with Crippen molar-refractivity contribution in [3.8, 4) is 5.75 Å². The lowest BCUT2D eigenvalue weighted by Gasteiger charge is -2.34. The molecule has 1 aromatic carbocycles. The van der Waals surface area contributed by atoms with Gasteiger partial charge in [-0.1, -0.05) is 84.8 Å². The van der Waals surface area contributed by atoms with Crippen molar-refractivity contribution in [3.63, 3.8) is 0 Å². The molecule has 17 atom stereocenters. The molecule has 4 rings (SSSR count). The van der Waals surface area contributed by atoms with Crippen LogP contribution in [0.3, 0.4) is 0 Å². The van der Waals surface area contributed by atoms with E-state index in [0.717, 1.165) is 74.6 Å². The van der Waals surface area contributed by atoms with Crippen LogP contribution < -0.4 is 32.3 Å². The highest BCUT2D eigenvalue weighted by atomic mass is 16.3. The molecule has 428 valence electrons. The van der Waals surface area contributed by atoms with Gasteiger partial charge < -0.3 is 88.1 Å². The summed E-state index contributed by atoms with van der Waals surface area (Å²) in [5, 5.41) is 111. The third-order valence-corrected chi connectivity index (χ3v) is 14.5. The topological polar surface area (TPSA) is 411 Å². The Morgan fingerprint density at radius 2 is 1.34 bits per heavy atom.